The van der Waals surface area contributed by atoms with Gasteiger partial charge in [0.1, 0.15) is 6.54 Å². The number of unbranched alkanes of at least 4 members (excludes halogenated alkanes) is 1. The summed E-state index contributed by atoms with van der Waals surface area (Å²) in [7, 11) is 0. The Balaban J connectivity index is 0.00000361. The zero-order chi connectivity index (χ0) is 14.1. The molecular weight excluding hydrogens is 367 g/mol. The van der Waals surface area contributed by atoms with Crippen LogP contribution in [0.2, 0.25) is 0 Å². The molecule has 5 nitrogen and oxygen atoms in total. The average Bonchev–Trinajstić information content (AvgIpc) is 2.87. The Hall–Kier alpha value is -0.790. The number of rotatable bonds is 8. The molecule has 116 valence electrons. The first kappa shape index (κ1) is 19.2. The third-order valence-corrected chi connectivity index (χ3v) is 3.22. The lowest BCUT2D eigenvalue weighted by atomic mass is 9.99. The van der Waals surface area contributed by atoms with Crippen LogP contribution in [0.1, 0.15) is 63.8 Å². The van der Waals surface area contributed by atoms with E-state index < -0.39 is 0 Å². The lowest BCUT2D eigenvalue weighted by molar-refractivity contribution is 0.372. The van der Waals surface area contributed by atoms with E-state index in [0.29, 0.717) is 18.4 Å². The highest BCUT2D eigenvalue weighted by Gasteiger charge is 2.12. The van der Waals surface area contributed by atoms with Crippen molar-refractivity contribution in [2.45, 2.75) is 58.9 Å². The van der Waals surface area contributed by atoms with Crippen LogP contribution in [-0.4, -0.2) is 17.7 Å². The molecular formula is C14H27IN4O. The number of nitrogens with zero attached hydrogens (tertiary/aromatic N) is 2. The van der Waals surface area contributed by atoms with Gasteiger partial charge in [-0.15, -0.1) is 24.0 Å². The molecule has 1 heterocycles. The summed E-state index contributed by atoms with van der Waals surface area (Å²) >= 11 is 0. The molecule has 0 aliphatic rings. The van der Waals surface area contributed by atoms with Gasteiger partial charge in [-0.25, -0.2) is 4.99 Å². The fourth-order valence-electron chi connectivity index (χ4n) is 1.92. The smallest absolute Gasteiger partial charge is 0.189 e. The first-order valence-electron chi connectivity index (χ1n) is 7.20. The summed E-state index contributed by atoms with van der Waals surface area (Å²) < 4.78 is 5.28. The van der Waals surface area contributed by atoms with Crippen LogP contribution in [0.25, 0.3) is 0 Å². The molecule has 0 aliphatic carbocycles. The van der Waals surface area contributed by atoms with Crippen LogP contribution in [0.3, 0.4) is 0 Å². The van der Waals surface area contributed by atoms with E-state index in [1.807, 2.05) is 6.07 Å². The summed E-state index contributed by atoms with van der Waals surface area (Å²) in [5, 5.41) is 7.18. The SMILES string of the molecule is CCCCNC(N)=NCc1cc(C(CC)CC)no1.I. The first-order chi connectivity index (χ1) is 9.21. The molecule has 3 N–H and O–H groups in total. The van der Waals surface area contributed by atoms with Crippen LogP contribution in [0.4, 0.5) is 0 Å². The van der Waals surface area contributed by atoms with Gasteiger partial charge in [-0.2, -0.15) is 0 Å². The Labute approximate surface area is 138 Å². The van der Waals surface area contributed by atoms with Crippen LogP contribution >= 0.6 is 24.0 Å². The molecule has 0 amide bonds. The maximum Gasteiger partial charge on any atom is 0.189 e. The quantitative estimate of drug-likeness (QED) is 0.307. The summed E-state index contributed by atoms with van der Waals surface area (Å²) in [5.74, 6) is 1.71. The van der Waals surface area contributed by atoms with E-state index in [2.05, 4.69) is 36.2 Å². The second-order valence-electron chi connectivity index (χ2n) is 4.71. The van der Waals surface area contributed by atoms with Crippen molar-refractivity contribution in [3.05, 3.63) is 17.5 Å². The highest BCUT2D eigenvalue weighted by molar-refractivity contribution is 14.0. The van der Waals surface area contributed by atoms with Crippen LogP contribution in [0.15, 0.2) is 15.6 Å². The average molecular weight is 394 g/mol. The van der Waals surface area contributed by atoms with Gasteiger partial charge < -0.3 is 15.6 Å². The molecule has 20 heavy (non-hydrogen) atoms. The van der Waals surface area contributed by atoms with Crippen molar-refractivity contribution in [2.75, 3.05) is 6.54 Å². The highest BCUT2D eigenvalue weighted by Crippen LogP contribution is 2.22. The van der Waals surface area contributed by atoms with E-state index in [0.717, 1.165) is 43.7 Å². The lowest BCUT2D eigenvalue weighted by Crippen LogP contribution is -2.32. The Bertz CT molecular complexity index is 388. The first-order valence-corrected chi connectivity index (χ1v) is 7.20. The van der Waals surface area contributed by atoms with E-state index in [1.165, 1.54) is 0 Å². The molecule has 6 heteroatoms. The zero-order valence-electron chi connectivity index (χ0n) is 12.7. The molecule has 1 aromatic heterocycles. The molecule has 0 radical (unpaired) electrons. The van der Waals surface area contributed by atoms with E-state index >= 15 is 0 Å². The summed E-state index contributed by atoms with van der Waals surface area (Å²) in [4.78, 5) is 4.24. The molecule has 0 saturated carbocycles. The minimum Gasteiger partial charge on any atom is -0.370 e. The molecule has 0 bridgehead atoms. The predicted molar refractivity (Wildman–Crippen MR) is 93.5 cm³/mol. The lowest BCUT2D eigenvalue weighted by Gasteiger charge is -2.05. The number of nitrogens with one attached hydrogen (secondary N) is 1. The van der Waals surface area contributed by atoms with E-state index in [4.69, 9.17) is 10.3 Å². The van der Waals surface area contributed by atoms with Crippen LogP contribution in [0.5, 0.6) is 0 Å². The van der Waals surface area contributed by atoms with Gasteiger partial charge in [0, 0.05) is 18.5 Å². The van der Waals surface area contributed by atoms with E-state index in [9.17, 15) is 0 Å². The van der Waals surface area contributed by atoms with Crippen LogP contribution in [-0.2, 0) is 6.54 Å². The van der Waals surface area contributed by atoms with E-state index in [1.54, 1.807) is 0 Å². The molecule has 1 aromatic rings. The number of halogens is 1. The standard InChI is InChI=1S/C14H26N4O.HI/c1-4-7-8-16-14(15)17-10-12-9-13(18-19-12)11(5-2)6-3;/h9,11H,4-8,10H2,1-3H3,(H3,15,16,17);1H. The van der Waals surface area contributed by atoms with Gasteiger partial charge >= 0.3 is 0 Å². The molecule has 0 aromatic carbocycles. The van der Waals surface area contributed by atoms with Crippen molar-refractivity contribution in [1.82, 2.24) is 10.5 Å². The molecule has 0 spiro atoms. The largest absolute Gasteiger partial charge is 0.370 e. The minimum atomic E-state index is 0. The van der Waals surface area contributed by atoms with Gasteiger partial charge in [-0.1, -0.05) is 32.3 Å². The van der Waals surface area contributed by atoms with Gasteiger partial charge in [0.2, 0.25) is 0 Å². The summed E-state index contributed by atoms with van der Waals surface area (Å²) in [6.45, 7) is 7.77. The van der Waals surface area contributed by atoms with Crippen molar-refractivity contribution < 1.29 is 4.52 Å². The topological polar surface area (TPSA) is 76.4 Å². The maximum absolute atomic E-state index is 5.76. The van der Waals surface area contributed by atoms with Crippen molar-refractivity contribution >= 4 is 29.9 Å². The Morgan fingerprint density at radius 2 is 2.10 bits per heavy atom. The summed E-state index contributed by atoms with van der Waals surface area (Å²) in [6, 6.07) is 1.99. The molecule has 0 aliphatic heterocycles. The van der Waals surface area contributed by atoms with Crippen LogP contribution < -0.4 is 11.1 Å². The van der Waals surface area contributed by atoms with Crippen molar-refractivity contribution in [1.29, 1.82) is 0 Å². The zero-order valence-corrected chi connectivity index (χ0v) is 15.0. The van der Waals surface area contributed by atoms with Crippen molar-refractivity contribution in [3.63, 3.8) is 0 Å². The molecule has 0 saturated heterocycles. The third kappa shape index (κ3) is 6.58. The monoisotopic (exact) mass is 394 g/mol. The van der Waals surface area contributed by atoms with Gasteiger partial charge in [-0.05, 0) is 19.3 Å². The maximum atomic E-state index is 5.76. The fourth-order valence-corrected chi connectivity index (χ4v) is 1.92. The molecule has 0 atom stereocenters. The summed E-state index contributed by atoms with van der Waals surface area (Å²) in [5.41, 5.74) is 6.78. The van der Waals surface area contributed by atoms with Gasteiger partial charge in [0.05, 0.1) is 5.69 Å². The Morgan fingerprint density at radius 1 is 1.40 bits per heavy atom. The fraction of sp³-hybridized carbons (Fsp3) is 0.714. The number of aromatic nitrogens is 1. The third-order valence-electron chi connectivity index (χ3n) is 3.22. The van der Waals surface area contributed by atoms with Crippen molar-refractivity contribution in [2.24, 2.45) is 10.7 Å². The number of nitrogens with two attached hydrogens (primary N) is 1. The molecule has 1 rings (SSSR count). The molecule has 0 unspecified atom stereocenters. The minimum absolute atomic E-state index is 0. The van der Waals surface area contributed by atoms with Crippen LogP contribution in [0, 0.1) is 0 Å². The second-order valence-corrected chi connectivity index (χ2v) is 4.71. The second kappa shape index (κ2) is 10.9. The number of aliphatic imine (C=N–C) groups is 1. The number of hydrogen-bond donors (Lipinski definition) is 2. The van der Waals surface area contributed by atoms with E-state index in [-0.39, 0.29) is 24.0 Å². The summed E-state index contributed by atoms with van der Waals surface area (Å²) in [6.07, 6.45) is 4.39. The predicted octanol–water partition coefficient (Wildman–Crippen LogP) is 3.40. The highest BCUT2D eigenvalue weighted by atomic mass is 127. The Morgan fingerprint density at radius 3 is 2.70 bits per heavy atom. The van der Waals surface area contributed by atoms with Crippen molar-refractivity contribution in [3.8, 4) is 0 Å². The number of hydrogen-bond acceptors (Lipinski definition) is 3. The Kier molecular flexibility index (Phi) is 10.5. The number of guanidine groups is 1. The van der Waals surface area contributed by atoms with Gasteiger partial charge in [0.25, 0.3) is 0 Å². The van der Waals surface area contributed by atoms with Gasteiger partial charge in [0.15, 0.2) is 11.7 Å². The normalized spacial score (nSPS) is 11.5. The van der Waals surface area contributed by atoms with Gasteiger partial charge in [-0.3, -0.25) is 0 Å². The molecule has 0 fully saturated rings.